The molecular weight excluding hydrogens is 400 g/mol. The van der Waals surface area contributed by atoms with Gasteiger partial charge in [-0.25, -0.2) is 4.79 Å². The van der Waals surface area contributed by atoms with Crippen molar-refractivity contribution in [1.29, 1.82) is 0 Å². The van der Waals surface area contributed by atoms with E-state index < -0.39 is 5.97 Å². The highest BCUT2D eigenvalue weighted by Crippen LogP contribution is 2.31. The third kappa shape index (κ3) is 6.37. The fourth-order valence-electron chi connectivity index (χ4n) is 2.97. The first-order valence-electron chi connectivity index (χ1n) is 10.1. The Balaban J connectivity index is 1.49. The molecule has 2 aromatic carbocycles. The van der Waals surface area contributed by atoms with Gasteiger partial charge in [0.15, 0.2) is 0 Å². The molecule has 0 aliphatic carbocycles. The Bertz CT molecular complexity index is 923. The number of hydrogen-bond acceptors (Lipinski definition) is 6. The van der Waals surface area contributed by atoms with E-state index in [2.05, 4.69) is 10.2 Å². The monoisotopic (exact) mass is 426 g/mol. The SMILES string of the molecule is COCCCCCCCOc1ccc(-c2nnc(-c3ccc(C(=O)O)cc3)s2)cc1. The fraction of sp³-hybridized carbons (Fsp3) is 0.348. The minimum Gasteiger partial charge on any atom is -0.494 e. The van der Waals surface area contributed by atoms with Gasteiger partial charge in [-0.15, -0.1) is 10.2 Å². The molecule has 0 unspecified atom stereocenters. The molecule has 6 nitrogen and oxygen atoms in total. The van der Waals surface area contributed by atoms with Crippen molar-refractivity contribution in [3.63, 3.8) is 0 Å². The molecule has 0 amide bonds. The third-order valence-corrected chi connectivity index (χ3v) is 5.69. The lowest BCUT2D eigenvalue weighted by atomic mass is 10.1. The molecule has 0 aliphatic heterocycles. The zero-order chi connectivity index (χ0) is 21.2. The van der Waals surface area contributed by atoms with Crippen LogP contribution in [0.1, 0.15) is 42.5 Å². The van der Waals surface area contributed by atoms with Gasteiger partial charge in [0.1, 0.15) is 15.8 Å². The topological polar surface area (TPSA) is 81.5 Å². The van der Waals surface area contributed by atoms with Gasteiger partial charge in [-0.2, -0.15) is 0 Å². The quantitative estimate of drug-likeness (QED) is 0.383. The van der Waals surface area contributed by atoms with Crippen molar-refractivity contribution < 1.29 is 19.4 Å². The Hall–Kier alpha value is -2.77. The van der Waals surface area contributed by atoms with E-state index in [9.17, 15) is 4.79 Å². The maximum absolute atomic E-state index is 11.0. The van der Waals surface area contributed by atoms with Crippen molar-refractivity contribution in [3.05, 3.63) is 54.1 Å². The zero-order valence-corrected chi connectivity index (χ0v) is 17.9. The molecule has 158 valence electrons. The van der Waals surface area contributed by atoms with Crippen molar-refractivity contribution in [2.45, 2.75) is 32.1 Å². The van der Waals surface area contributed by atoms with Gasteiger partial charge in [-0.3, -0.25) is 0 Å². The second-order valence-electron chi connectivity index (χ2n) is 6.93. The van der Waals surface area contributed by atoms with Gasteiger partial charge in [0.2, 0.25) is 0 Å². The molecular formula is C23H26N2O4S. The highest BCUT2D eigenvalue weighted by Gasteiger charge is 2.10. The molecule has 1 aromatic heterocycles. The molecule has 7 heteroatoms. The standard InChI is InChI=1S/C23H26N2O4S/c1-28-15-5-3-2-4-6-16-29-20-13-11-18(12-14-20)22-25-24-21(30-22)17-7-9-19(10-8-17)23(26)27/h7-14H,2-6,15-16H2,1H3,(H,26,27). The molecule has 3 aromatic rings. The number of carboxylic acids is 1. The maximum atomic E-state index is 11.0. The summed E-state index contributed by atoms with van der Waals surface area (Å²) in [4.78, 5) is 11.0. The molecule has 3 rings (SSSR count). The summed E-state index contributed by atoms with van der Waals surface area (Å²) >= 11 is 1.47. The number of ether oxygens (including phenoxy) is 2. The van der Waals surface area contributed by atoms with E-state index in [-0.39, 0.29) is 5.56 Å². The van der Waals surface area contributed by atoms with Gasteiger partial charge in [-0.05, 0) is 49.2 Å². The molecule has 0 bridgehead atoms. The summed E-state index contributed by atoms with van der Waals surface area (Å²) in [6, 6.07) is 14.5. The van der Waals surface area contributed by atoms with Crippen molar-refractivity contribution >= 4 is 17.3 Å². The molecule has 0 fully saturated rings. The summed E-state index contributed by atoms with van der Waals surface area (Å²) in [6.07, 6.45) is 5.76. The lowest BCUT2D eigenvalue weighted by Gasteiger charge is -2.06. The number of carboxylic acid groups (broad SMARTS) is 1. The summed E-state index contributed by atoms with van der Waals surface area (Å²) < 4.78 is 10.9. The van der Waals surface area contributed by atoms with Gasteiger partial charge in [0, 0.05) is 24.8 Å². The van der Waals surface area contributed by atoms with Crippen LogP contribution >= 0.6 is 11.3 Å². The summed E-state index contributed by atoms with van der Waals surface area (Å²) in [7, 11) is 1.74. The van der Waals surface area contributed by atoms with E-state index >= 15 is 0 Å². The molecule has 0 saturated heterocycles. The highest BCUT2D eigenvalue weighted by atomic mass is 32.1. The van der Waals surface area contributed by atoms with Crippen molar-refractivity contribution in [1.82, 2.24) is 10.2 Å². The summed E-state index contributed by atoms with van der Waals surface area (Å²) in [5.74, 6) is -0.0870. The van der Waals surface area contributed by atoms with Crippen LogP contribution in [0.3, 0.4) is 0 Å². The molecule has 1 N–H and O–H groups in total. The van der Waals surface area contributed by atoms with Crippen LogP contribution < -0.4 is 4.74 Å². The van der Waals surface area contributed by atoms with Crippen LogP contribution in [-0.4, -0.2) is 41.6 Å². The van der Waals surface area contributed by atoms with E-state index in [0.29, 0.717) is 0 Å². The number of carbonyl (C=O) groups is 1. The number of hydrogen-bond donors (Lipinski definition) is 1. The molecule has 0 spiro atoms. The number of aromatic carboxylic acids is 1. The summed E-state index contributed by atoms with van der Waals surface area (Å²) in [5.41, 5.74) is 2.09. The summed E-state index contributed by atoms with van der Waals surface area (Å²) in [6.45, 7) is 1.56. The van der Waals surface area contributed by atoms with Crippen LogP contribution in [0.25, 0.3) is 21.1 Å². The second kappa shape index (κ2) is 11.4. The molecule has 0 saturated carbocycles. The number of rotatable bonds is 12. The number of benzene rings is 2. The van der Waals surface area contributed by atoms with Gasteiger partial charge in [0.05, 0.1) is 12.2 Å². The first-order chi connectivity index (χ1) is 14.7. The van der Waals surface area contributed by atoms with E-state index in [4.69, 9.17) is 14.6 Å². The molecule has 0 radical (unpaired) electrons. The largest absolute Gasteiger partial charge is 0.494 e. The average Bonchev–Trinajstić information content (AvgIpc) is 3.26. The number of methoxy groups -OCH3 is 1. The second-order valence-corrected chi connectivity index (χ2v) is 7.91. The Labute approximate surface area is 180 Å². The molecule has 0 aliphatic rings. The predicted molar refractivity (Wildman–Crippen MR) is 118 cm³/mol. The minimum absolute atomic E-state index is 0.255. The molecule has 1 heterocycles. The number of nitrogens with zero attached hydrogens (tertiary/aromatic N) is 2. The normalized spacial score (nSPS) is 10.8. The zero-order valence-electron chi connectivity index (χ0n) is 17.0. The third-order valence-electron chi connectivity index (χ3n) is 4.67. The number of aromatic nitrogens is 2. The predicted octanol–water partition coefficient (Wildman–Crippen LogP) is 5.55. The van der Waals surface area contributed by atoms with E-state index in [1.807, 2.05) is 24.3 Å². The van der Waals surface area contributed by atoms with Crippen molar-refractivity contribution in [2.75, 3.05) is 20.3 Å². The smallest absolute Gasteiger partial charge is 0.335 e. The van der Waals surface area contributed by atoms with Crippen molar-refractivity contribution in [3.8, 4) is 26.9 Å². The van der Waals surface area contributed by atoms with Gasteiger partial charge in [-0.1, -0.05) is 42.7 Å². The van der Waals surface area contributed by atoms with Crippen LogP contribution in [0, 0.1) is 0 Å². The van der Waals surface area contributed by atoms with E-state index in [1.165, 1.54) is 30.6 Å². The minimum atomic E-state index is -0.941. The van der Waals surface area contributed by atoms with E-state index in [0.717, 1.165) is 52.9 Å². The average molecular weight is 427 g/mol. The first kappa shape index (κ1) is 21.9. The fourth-order valence-corrected chi connectivity index (χ4v) is 3.83. The van der Waals surface area contributed by atoms with Crippen LogP contribution in [0.4, 0.5) is 0 Å². The lowest BCUT2D eigenvalue weighted by Crippen LogP contribution is -1.97. The van der Waals surface area contributed by atoms with Crippen LogP contribution in [0.5, 0.6) is 5.75 Å². The first-order valence-corrected chi connectivity index (χ1v) is 10.9. The van der Waals surface area contributed by atoms with Crippen LogP contribution in [0.2, 0.25) is 0 Å². The Morgan fingerprint density at radius 3 is 1.93 bits per heavy atom. The van der Waals surface area contributed by atoms with Crippen molar-refractivity contribution in [2.24, 2.45) is 0 Å². The summed E-state index contributed by atoms with van der Waals surface area (Å²) in [5, 5.41) is 19.1. The van der Waals surface area contributed by atoms with Gasteiger partial charge < -0.3 is 14.6 Å². The Morgan fingerprint density at radius 1 is 0.833 bits per heavy atom. The van der Waals surface area contributed by atoms with Gasteiger partial charge in [0.25, 0.3) is 0 Å². The highest BCUT2D eigenvalue weighted by molar-refractivity contribution is 7.17. The molecule has 0 atom stereocenters. The van der Waals surface area contributed by atoms with Crippen LogP contribution in [-0.2, 0) is 4.74 Å². The Morgan fingerprint density at radius 2 is 1.37 bits per heavy atom. The Kier molecular flexibility index (Phi) is 8.35. The maximum Gasteiger partial charge on any atom is 0.335 e. The van der Waals surface area contributed by atoms with E-state index in [1.54, 1.807) is 31.4 Å². The number of unbranched alkanes of at least 4 members (excludes halogenated alkanes) is 4. The lowest BCUT2D eigenvalue weighted by molar-refractivity contribution is 0.0697. The van der Waals surface area contributed by atoms with Gasteiger partial charge >= 0.3 is 5.97 Å². The van der Waals surface area contributed by atoms with Crippen LogP contribution in [0.15, 0.2) is 48.5 Å². The molecule has 30 heavy (non-hydrogen) atoms.